The summed E-state index contributed by atoms with van der Waals surface area (Å²) in [6.45, 7) is 2.74. The van der Waals surface area contributed by atoms with Crippen LogP contribution in [0.1, 0.15) is 23.7 Å². The van der Waals surface area contributed by atoms with E-state index in [9.17, 15) is 9.18 Å². The molecule has 0 aliphatic carbocycles. The molecule has 0 amide bonds. The molecule has 0 unspecified atom stereocenters. The van der Waals surface area contributed by atoms with Crippen molar-refractivity contribution in [2.45, 2.75) is 13.3 Å². The van der Waals surface area contributed by atoms with Crippen molar-refractivity contribution < 1.29 is 14.3 Å². The summed E-state index contributed by atoms with van der Waals surface area (Å²) in [7, 11) is 0. The van der Waals surface area contributed by atoms with Crippen LogP contribution in [0.5, 0.6) is 0 Å². The van der Waals surface area contributed by atoms with E-state index in [1.165, 1.54) is 18.2 Å². The molecule has 0 spiro atoms. The minimum absolute atomic E-state index is 0.0943. The Labute approximate surface area is 104 Å². The fraction of sp³-hybridized carbons (Fsp3) is 0.417. The highest BCUT2D eigenvalue weighted by molar-refractivity contribution is 7.99. The molecule has 0 saturated carbocycles. The number of thioether (sulfide) groups is 1. The van der Waals surface area contributed by atoms with E-state index in [1.54, 1.807) is 0 Å². The molecule has 17 heavy (non-hydrogen) atoms. The predicted octanol–water partition coefficient (Wildman–Crippen LogP) is 3.08. The first-order valence-corrected chi connectivity index (χ1v) is 6.65. The van der Waals surface area contributed by atoms with Gasteiger partial charge in [-0.1, -0.05) is 6.92 Å². The minimum Gasteiger partial charge on any atom is -0.478 e. The van der Waals surface area contributed by atoms with Crippen LogP contribution >= 0.6 is 11.8 Å². The first-order chi connectivity index (χ1) is 8.15. The zero-order valence-electron chi connectivity index (χ0n) is 9.70. The molecule has 0 radical (unpaired) electrons. The molecule has 2 N–H and O–H groups in total. The summed E-state index contributed by atoms with van der Waals surface area (Å²) in [5.74, 6) is 0.625. The van der Waals surface area contributed by atoms with Gasteiger partial charge in [0.2, 0.25) is 0 Å². The van der Waals surface area contributed by atoms with Gasteiger partial charge in [0.1, 0.15) is 5.82 Å². The lowest BCUT2D eigenvalue weighted by molar-refractivity contribution is 0.0697. The molecule has 3 nitrogen and oxygen atoms in total. The average molecular weight is 257 g/mol. The zero-order valence-corrected chi connectivity index (χ0v) is 10.5. The molecule has 0 aromatic heterocycles. The van der Waals surface area contributed by atoms with Gasteiger partial charge in [0.25, 0.3) is 0 Å². The van der Waals surface area contributed by atoms with Gasteiger partial charge >= 0.3 is 5.97 Å². The third kappa shape index (κ3) is 4.65. The number of aromatic carboxylic acids is 1. The number of hydrogen-bond donors (Lipinski definition) is 2. The normalized spacial score (nSPS) is 10.2. The number of hydrogen-bond acceptors (Lipinski definition) is 3. The third-order valence-corrected chi connectivity index (χ3v) is 3.18. The van der Waals surface area contributed by atoms with Gasteiger partial charge in [-0.15, -0.1) is 0 Å². The first kappa shape index (κ1) is 13.8. The van der Waals surface area contributed by atoms with Gasteiger partial charge < -0.3 is 10.4 Å². The fourth-order valence-corrected chi connectivity index (χ4v) is 1.97. The number of carbonyl (C=O) groups is 1. The highest BCUT2D eigenvalue weighted by Crippen LogP contribution is 2.16. The molecule has 1 aromatic rings. The Kier molecular flexibility index (Phi) is 5.83. The monoisotopic (exact) mass is 257 g/mol. The molecular weight excluding hydrogens is 241 g/mol. The van der Waals surface area contributed by atoms with Gasteiger partial charge in [0.05, 0.1) is 11.3 Å². The number of anilines is 1. The standard InChI is InChI=1S/C12H16FNO2S/c1-2-17-7-3-6-14-11-8-9(12(15)16)4-5-10(11)13/h4-5,8,14H,2-3,6-7H2,1H3,(H,15,16). The summed E-state index contributed by atoms with van der Waals surface area (Å²) in [6.07, 6.45) is 0.926. The number of benzene rings is 1. The molecule has 0 aliphatic rings. The summed E-state index contributed by atoms with van der Waals surface area (Å²) in [6, 6.07) is 3.76. The number of nitrogens with one attached hydrogen (secondary N) is 1. The summed E-state index contributed by atoms with van der Waals surface area (Å²) in [4.78, 5) is 10.7. The van der Waals surface area contributed by atoms with E-state index in [0.717, 1.165) is 17.9 Å². The summed E-state index contributed by atoms with van der Waals surface area (Å²) >= 11 is 1.83. The van der Waals surface area contributed by atoms with E-state index < -0.39 is 11.8 Å². The van der Waals surface area contributed by atoms with E-state index in [-0.39, 0.29) is 11.3 Å². The largest absolute Gasteiger partial charge is 0.478 e. The molecule has 0 aliphatic heterocycles. The van der Waals surface area contributed by atoms with E-state index in [0.29, 0.717) is 6.54 Å². The van der Waals surface area contributed by atoms with E-state index >= 15 is 0 Å². The second-order valence-electron chi connectivity index (χ2n) is 3.48. The van der Waals surface area contributed by atoms with Crippen molar-refractivity contribution in [1.82, 2.24) is 0 Å². The van der Waals surface area contributed by atoms with Crippen LogP contribution in [0.15, 0.2) is 18.2 Å². The Balaban J connectivity index is 2.51. The SMILES string of the molecule is CCSCCCNc1cc(C(=O)O)ccc1F. The highest BCUT2D eigenvalue weighted by Gasteiger charge is 2.07. The van der Waals surface area contributed by atoms with Gasteiger partial charge in [-0.2, -0.15) is 11.8 Å². The van der Waals surface area contributed by atoms with Crippen molar-refractivity contribution in [1.29, 1.82) is 0 Å². The summed E-state index contributed by atoms with van der Waals surface area (Å²) in [5, 5.41) is 11.7. The average Bonchev–Trinajstić information content (AvgIpc) is 2.30. The summed E-state index contributed by atoms with van der Waals surface area (Å²) < 4.78 is 13.3. The van der Waals surface area contributed by atoms with Gasteiger partial charge in [0.15, 0.2) is 0 Å². The van der Waals surface area contributed by atoms with Crippen molar-refractivity contribution >= 4 is 23.4 Å². The molecule has 0 saturated heterocycles. The maximum absolute atomic E-state index is 13.3. The van der Waals surface area contributed by atoms with Crippen LogP contribution in [0.3, 0.4) is 0 Å². The van der Waals surface area contributed by atoms with Gasteiger partial charge in [-0.25, -0.2) is 9.18 Å². The van der Waals surface area contributed by atoms with Crippen molar-refractivity contribution in [2.75, 3.05) is 23.4 Å². The Morgan fingerprint density at radius 2 is 2.29 bits per heavy atom. The Morgan fingerprint density at radius 1 is 1.53 bits per heavy atom. The zero-order chi connectivity index (χ0) is 12.7. The van der Waals surface area contributed by atoms with Crippen LogP contribution in [0.25, 0.3) is 0 Å². The first-order valence-electron chi connectivity index (χ1n) is 5.49. The van der Waals surface area contributed by atoms with E-state index in [1.807, 2.05) is 11.8 Å². The second-order valence-corrected chi connectivity index (χ2v) is 4.87. The second kappa shape index (κ2) is 7.17. The molecule has 1 aromatic carbocycles. The van der Waals surface area contributed by atoms with Gasteiger partial charge in [-0.3, -0.25) is 0 Å². The molecule has 5 heteroatoms. The van der Waals surface area contributed by atoms with Gasteiger partial charge in [-0.05, 0) is 36.1 Å². The number of halogens is 1. The van der Waals surface area contributed by atoms with Crippen LogP contribution in [-0.4, -0.2) is 29.1 Å². The van der Waals surface area contributed by atoms with Crippen LogP contribution in [0, 0.1) is 5.82 Å². The Bertz CT molecular complexity index is 385. The lowest BCUT2D eigenvalue weighted by Gasteiger charge is -2.08. The highest BCUT2D eigenvalue weighted by atomic mass is 32.2. The maximum Gasteiger partial charge on any atom is 0.335 e. The fourth-order valence-electron chi connectivity index (χ4n) is 1.34. The third-order valence-electron chi connectivity index (χ3n) is 2.20. The summed E-state index contributed by atoms with van der Waals surface area (Å²) in [5.41, 5.74) is 0.350. The molecule has 0 heterocycles. The Morgan fingerprint density at radius 3 is 2.94 bits per heavy atom. The topological polar surface area (TPSA) is 49.3 Å². The lowest BCUT2D eigenvalue weighted by Crippen LogP contribution is -2.06. The van der Waals surface area contributed by atoms with Crippen molar-refractivity contribution in [3.63, 3.8) is 0 Å². The smallest absolute Gasteiger partial charge is 0.335 e. The number of rotatable bonds is 7. The maximum atomic E-state index is 13.3. The van der Waals surface area contributed by atoms with E-state index in [2.05, 4.69) is 12.2 Å². The molecule has 0 atom stereocenters. The molecule has 94 valence electrons. The molecule has 0 fully saturated rings. The van der Waals surface area contributed by atoms with Crippen molar-refractivity contribution in [3.8, 4) is 0 Å². The quantitative estimate of drug-likeness (QED) is 0.737. The molecular formula is C12H16FNO2S. The van der Waals surface area contributed by atoms with Crippen LogP contribution < -0.4 is 5.32 Å². The predicted molar refractivity (Wildman–Crippen MR) is 69.5 cm³/mol. The minimum atomic E-state index is -1.05. The molecule has 1 rings (SSSR count). The van der Waals surface area contributed by atoms with Crippen LogP contribution in [0.4, 0.5) is 10.1 Å². The Hall–Kier alpha value is -1.23. The van der Waals surface area contributed by atoms with E-state index in [4.69, 9.17) is 5.11 Å². The van der Waals surface area contributed by atoms with Crippen molar-refractivity contribution in [3.05, 3.63) is 29.6 Å². The van der Waals surface area contributed by atoms with Crippen LogP contribution in [0.2, 0.25) is 0 Å². The molecule has 0 bridgehead atoms. The number of carboxylic acid groups (broad SMARTS) is 1. The lowest BCUT2D eigenvalue weighted by atomic mass is 10.2. The number of carboxylic acids is 1. The van der Waals surface area contributed by atoms with Crippen LogP contribution in [-0.2, 0) is 0 Å². The van der Waals surface area contributed by atoms with Gasteiger partial charge in [0, 0.05) is 6.54 Å². The van der Waals surface area contributed by atoms with Crippen molar-refractivity contribution in [2.24, 2.45) is 0 Å².